The van der Waals surface area contributed by atoms with Gasteiger partial charge in [0.25, 0.3) is 0 Å². The van der Waals surface area contributed by atoms with E-state index in [2.05, 4.69) is 27.7 Å². The Balaban J connectivity index is 3.32. The quantitative estimate of drug-likeness (QED) is 0.385. The molecule has 0 aromatic heterocycles. The summed E-state index contributed by atoms with van der Waals surface area (Å²) in [6, 6.07) is 0. The molecule has 2 unspecified atom stereocenters. The minimum absolute atomic E-state index is 0.0122. The van der Waals surface area contributed by atoms with Crippen molar-refractivity contribution in [3.63, 3.8) is 0 Å². The first kappa shape index (κ1) is 17.5. The highest BCUT2D eigenvalue weighted by Gasteiger charge is 2.05. The number of hydrogen-bond acceptors (Lipinski definition) is 2. The zero-order chi connectivity index (χ0) is 13.8. The highest BCUT2D eigenvalue weighted by Crippen LogP contribution is 2.12. The van der Waals surface area contributed by atoms with Gasteiger partial charge in [-0.25, -0.2) is 0 Å². The fraction of sp³-hybridized carbons (Fsp3) is 0.938. The maximum atomic E-state index is 11.4. The van der Waals surface area contributed by atoms with E-state index in [0.717, 1.165) is 31.1 Å². The van der Waals surface area contributed by atoms with Crippen molar-refractivity contribution in [2.24, 2.45) is 11.8 Å². The van der Waals surface area contributed by atoms with Crippen molar-refractivity contribution in [1.82, 2.24) is 0 Å². The molecule has 0 fully saturated rings. The van der Waals surface area contributed by atoms with Crippen LogP contribution in [0, 0.1) is 11.8 Å². The van der Waals surface area contributed by atoms with Crippen LogP contribution in [0.2, 0.25) is 0 Å². The molecule has 108 valence electrons. The normalized spacial score (nSPS) is 14.2. The van der Waals surface area contributed by atoms with Gasteiger partial charge in [-0.2, -0.15) is 0 Å². The minimum atomic E-state index is -0.0122. The van der Waals surface area contributed by atoms with Crippen LogP contribution in [0.1, 0.15) is 79.1 Å². The van der Waals surface area contributed by atoms with Crippen molar-refractivity contribution >= 4 is 5.97 Å². The first-order valence-electron chi connectivity index (χ1n) is 7.75. The number of carbonyl (C=O) groups excluding carboxylic acids is 1. The lowest BCUT2D eigenvalue weighted by Crippen LogP contribution is -2.06. The van der Waals surface area contributed by atoms with Crippen molar-refractivity contribution < 1.29 is 9.53 Å². The summed E-state index contributed by atoms with van der Waals surface area (Å²) >= 11 is 0. The van der Waals surface area contributed by atoms with Gasteiger partial charge >= 0.3 is 5.97 Å². The largest absolute Gasteiger partial charge is 0.466 e. The van der Waals surface area contributed by atoms with E-state index in [1.807, 2.05) is 0 Å². The fourth-order valence-corrected chi connectivity index (χ4v) is 1.86. The molecule has 0 aliphatic rings. The first-order valence-corrected chi connectivity index (χ1v) is 7.75. The summed E-state index contributed by atoms with van der Waals surface area (Å²) in [7, 11) is 0. The van der Waals surface area contributed by atoms with Crippen LogP contribution in [-0.4, -0.2) is 12.6 Å². The maximum absolute atomic E-state index is 11.4. The fourth-order valence-electron chi connectivity index (χ4n) is 1.86. The average Bonchev–Trinajstić information content (AvgIpc) is 2.37. The second-order valence-electron chi connectivity index (χ2n) is 5.64. The lowest BCUT2D eigenvalue weighted by Gasteiger charge is -2.09. The van der Waals surface area contributed by atoms with Crippen LogP contribution in [0.5, 0.6) is 0 Å². The van der Waals surface area contributed by atoms with Crippen LogP contribution in [-0.2, 0) is 9.53 Å². The Bertz CT molecular complexity index is 201. The lowest BCUT2D eigenvalue weighted by molar-refractivity contribution is -0.143. The summed E-state index contributed by atoms with van der Waals surface area (Å²) in [6.45, 7) is 9.54. The molecule has 0 saturated heterocycles. The molecule has 2 atom stereocenters. The van der Waals surface area contributed by atoms with Gasteiger partial charge in [-0.3, -0.25) is 4.79 Å². The molecule has 0 radical (unpaired) electrons. The third-order valence-corrected chi connectivity index (χ3v) is 3.83. The SMILES string of the molecule is CCC(C)CCCCOC(=O)CCCC(C)CC. The van der Waals surface area contributed by atoms with Crippen LogP contribution in [0.3, 0.4) is 0 Å². The van der Waals surface area contributed by atoms with Crippen molar-refractivity contribution in [1.29, 1.82) is 0 Å². The van der Waals surface area contributed by atoms with Gasteiger partial charge in [0, 0.05) is 6.42 Å². The summed E-state index contributed by atoms with van der Waals surface area (Å²) < 4.78 is 5.23. The molecule has 0 rings (SSSR count). The molecule has 0 saturated carbocycles. The van der Waals surface area contributed by atoms with E-state index in [1.54, 1.807) is 0 Å². The van der Waals surface area contributed by atoms with Crippen LogP contribution in [0.4, 0.5) is 0 Å². The van der Waals surface area contributed by atoms with Gasteiger partial charge < -0.3 is 4.74 Å². The Kier molecular flexibility index (Phi) is 11.2. The van der Waals surface area contributed by atoms with E-state index in [9.17, 15) is 4.79 Å². The predicted molar refractivity (Wildman–Crippen MR) is 77.6 cm³/mol. The zero-order valence-electron chi connectivity index (χ0n) is 12.8. The summed E-state index contributed by atoms with van der Waals surface area (Å²) in [5.41, 5.74) is 0. The lowest BCUT2D eigenvalue weighted by atomic mass is 10.0. The van der Waals surface area contributed by atoms with Crippen LogP contribution in [0.15, 0.2) is 0 Å². The van der Waals surface area contributed by atoms with Gasteiger partial charge in [-0.15, -0.1) is 0 Å². The Morgan fingerprint density at radius 1 is 0.944 bits per heavy atom. The molecule has 0 aliphatic heterocycles. The van der Waals surface area contributed by atoms with Crippen molar-refractivity contribution in [2.45, 2.75) is 79.1 Å². The van der Waals surface area contributed by atoms with E-state index >= 15 is 0 Å². The Labute approximate surface area is 113 Å². The van der Waals surface area contributed by atoms with Crippen molar-refractivity contribution in [3.8, 4) is 0 Å². The number of rotatable bonds is 11. The third-order valence-electron chi connectivity index (χ3n) is 3.83. The van der Waals surface area contributed by atoms with E-state index in [1.165, 1.54) is 25.7 Å². The summed E-state index contributed by atoms with van der Waals surface area (Å²) in [5.74, 6) is 1.52. The number of esters is 1. The van der Waals surface area contributed by atoms with Gasteiger partial charge in [0.2, 0.25) is 0 Å². The third kappa shape index (κ3) is 10.6. The Morgan fingerprint density at radius 2 is 1.50 bits per heavy atom. The van der Waals surface area contributed by atoms with Gasteiger partial charge in [0.15, 0.2) is 0 Å². The van der Waals surface area contributed by atoms with Gasteiger partial charge in [-0.1, -0.05) is 53.4 Å². The summed E-state index contributed by atoms with van der Waals surface area (Å²) in [6.07, 6.45) is 8.59. The summed E-state index contributed by atoms with van der Waals surface area (Å²) in [5, 5.41) is 0. The van der Waals surface area contributed by atoms with Crippen molar-refractivity contribution in [3.05, 3.63) is 0 Å². The molecule has 0 aromatic carbocycles. The van der Waals surface area contributed by atoms with Crippen LogP contribution >= 0.6 is 0 Å². The second kappa shape index (κ2) is 11.6. The number of carbonyl (C=O) groups is 1. The first-order chi connectivity index (χ1) is 8.60. The summed E-state index contributed by atoms with van der Waals surface area (Å²) in [4.78, 5) is 11.4. The number of ether oxygens (including phenoxy) is 1. The number of hydrogen-bond donors (Lipinski definition) is 0. The van der Waals surface area contributed by atoms with E-state index in [-0.39, 0.29) is 5.97 Å². The van der Waals surface area contributed by atoms with E-state index < -0.39 is 0 Å². The predicted octanol–water partition coefficient (Wildman–Crippen LogP) is 4.96. The molecule has 2 heteroatoms. The second-order valence-corrected chi connectivity index (χ2v) is 5.64. The topological polar surface area (TPSA) is 26.3 Å². The highest BCUT2D eigenvalue weighted by atomic mass is 16.5. The molecule has 0 N–H and O–H groups in total. The van der Waals surface area contributed by atoms with Gasteiger partial charge in [0.1, 0.15) is 0 Å². The molecule has 0 bridgehead atoms. The molecule has 2 nitrogen and oxygen atoms in total. The van der Waals surface area contributed by atoms with Crippen LogP contribution < -0.4 is 0 Å². The average molecular weight is 256 g/mol. The smallest absolute Gasteiger partial charge is 0.305 e. The van der Waals surface area contributed by atoms with E-state index in [0.29, 0.717) is 13.0 Å². The molecule has 0 aliphatic carbocycles. The zero-order valence-corrected chi connectivity index (χ0v) is 12.8. The van der Waals surface area contributed by atoms with Crippen LogP contribution in [0.25, 0.3) is 0 Å². The standard InChI is InChI=1S/C16H32O2/c1-5-14(3)10-7-8-13-18-16(17)12-9-11-15(4)6-2/h14-15H,5-13H2,1-4H3. The molecule has 0 amide bonds. The molecule has 18 heavy (non-hydrogen) atoms. The maximum Gasteiger partial charge on any atom is 0.305 e. The monoisotopic (exact) mass is 256 g/mol. The number of unbranched alkanes of at least 4 members (excludes halogenated alkanes) is 1. The highest BCUT2D eigenvalue weighted by molar-refractivity contribution is 5.69. The molecule has 0 spiro atoms. The molecular weight excluding hydrogens is 224 g/mol. The Morgan fingerprint density at radius 3 is 2.06 bits per heavy atom. The molecule has 0 heterocycles. The van der Waals surface area contributed by atoms with Gasteiger partial charge in [-0.05, 0) is 31.1 Å². The molecular formula is C16H32O2. The molecule has 0 aromatic rings. The van der Waals surface area contributed by atoms with Crippen molar-refractivity contribution in [2.75, 3.05) is 6.61 Å². The minimum Gasteiger partial charge on any atom is -0.466 e. The van der Waals surface area contributed by atoms with Gasteiger partial charge in [0.05, 0.1) is 6.61 Å². The Hall–Kier alpha value is -0.530. The van der Waals surface area contributed by atoms with E-state index in [4.69, 9.17) is 4.74 Å².